The van der Waals surface area contributed by atoms with Gasteiger partial charge in [-0.3, -0.25) is 9.59 Å². The first-order valence-electron chi connectivity index (χ1n) is 12.0. The summed E-state index contributed by atoms with van der Waals surface area (Å²) in [5.41, 5.74) is 2.42. The molecule has 1 N–H and O–H groups in total. The van der Waals surface area contributed by atoms with Crippen LogP contribution >= 0.6 is 15.9 Å². The lowest BCUT2D eigenvalue weighted by molar-refractivity contribution is -0.157. The normalized spacial score (nSPS) is 23.4. The minimum atomic E-state index is -0.705. The molecule has 1 spiro atoms. The zero-order chi connectivity index (χ0) is 24.3. The quantitative estimate of drug-likeness (QED) is 0.266. The molecule has 0 amide bonds. The van der Waals surface area contributed by atoms with E-state index < -0.39 is 5.97 Å². The number of aliphatic carboxylic acids is 1. The van der Waals surface area contributed by atoms with Crippen LogP contribution in [0.15, 0.2) is 65.3 Å². The van der Waals surface area contributed by atoms with Crippen LogP contribution in [0, 0.1) is 23.1 Å². The Morgan fingerprint density at radius 1 is 1.00 bits per heavy atom. The van der Waals surface area contributed by atoms with Crippen LogP contribution in [0.2, 0.25) is 0 Å². The molecule has 6 rings (SSSR count). The molecule has 1 aromatic heterocycles. The van der Waals surface area contributed by atoms with Crippen molar-refractivity contribution in [2.75, 3.05) is 0 Å². The number of carbonyl (C=O) groups excluding carboxylic acids is 1. The maximum Gasteiger partial charge on any atom is 0.306 e. The third-order valence-corrected chi connectivity index (χ3v) is 8.51. The van der Waals surface area contributed by atoms with Crippen LogP contribution in [-0.2, 0) is 11.3 Å². The van der Waals surface area contributed by atoms with E-state index in [9.17, 15) is 14.0 Å². The second kappa shape index (κ2) is 8.30. The average molecular weight is 534 g/mol. The first-order valence-corrected chi connectivity index (χ1v) is 12.8. The first-order chi connectivity index (χ1) is 16.8. The molecule has 3 aromatic carbocycles. The lowest BCUT2D eigenvalue weighted by Crippen LogP contribution is -2.50. The summed E-state index contributed by atoms with van der Waals surface area (Å²) in [6.45, 7) is 0.540. The van der Waals surface area contributed by atoms with Crippen molar-refractivity contribution in [3.63, 3.8) is 0 Å². The van der Waals surface area contributed by atoms with Crippen molar-refractivity contribution < 1.29 is 19.1 Å². The van der Waals surface area contributed by atoms with Crippen LogP contribution in [-0.4, -0.2) is 21.4 Å². The van der Waals surface area contributed by atoms with E-state index in [1.54, 1.807) is 12.1 Å². The van der Waals surface area contributed by atoms with E-state index in [2.05, 4.69) is 46.3 Å². The Labute approximate surface area is 210 Å². The zero-order valence-corrected chi connectivity index (χ0v) is 20.7. The summed E-state index contributed by atoms with van der Waals surface area (Å²) in [6.07, 6.45) is 5.59. The van der Waals surface area contributed by atoms with Crippen LogP contribution in [0.25, 0.3) is 21.7 Å². The molecule has 4 nitrogen and oxygen atoms in total. The molecule has 178 valence electrons. The summed E-state index contributed by atoms with van der Waals surface area (Å²) >= 11 is 3.53. The fourth-order valence-corrected chi connectivity index (χ4v) is 6.76. The molecule has 1 heterocycles. The highest BCUT2D eigenvalue weighted by atomic mass is 79.9. The van der Waals surface area contributed by atoms with Crippen LogP contribution in [0.3, 0.4) is 0 Å². The number of nitrogens with zero attached hydrogens (tertiary/aromatic N) is 1. The van der Waals surface area contributed by atoms with Crippen molar-refractivity contribution in [3.05, 3.63) is 82.2 Å². The highest BCUT2D eigenvalue weighted by Gasteiger charge is 2.54. The number of hydrogen-bond donors (Lipinski definition) is 1. The summed E-state index contributed by atoms with van der Waals surface area (Å²) in [6, 6.07) is 17.2. The van der Waals surface area contributed by atoms with Gasteiger partial charge in [-0.15, -0.1) is 0 Å². The number of carbonyl (C=O) groups is 2. The Bertz CT molecular complexity index is 1490. The lowest BCUT2D eigenvalue weighted by atomic mass is 9.47. The monoisotopic (exact) mass is 533 g/mol. The predicted molar refractivity (Wildman–Crippen MR) is 137 cm³/mol. The molecule has 0 atom stereocenters. The molecule has 0 unspecified atom stereocenters. The van der Waals surface area contributed by atoms with Crippen molar-refractivity contribution in [3.8, 4) is 0 Å². The fraction of sp³-hybridized carbons (Fsp3) is 0.310. The van der Waals surface area contributed by atoms with Crippen molar-refractivity contribution in [1.82, 2.24) is 4.57 Å². The molecular weight excluding hydrogens is 509 g/mol. The summed E-state index contributed by atoms with van der Waals surface area (Å²) in [7, 11) is 0. The van der Waals surface area contributed by atoms with Gasteiger partial charge in [0.2, 0.25) is 0 Å². The van der Waals surface area contributed by atoms with Gasteiger partial charge >= 0.3 is 5.97 Å². The van der Waals surface area contributed by atoms with E-state index in [4.69, 9.17) is 5.11 Å². The summed E-state index contributed by atoms with van der Waals surface area (Å²) in [5, 5.41) is 11.9. The maximum atomic E-state index is 14.7. The molecule has 2 fully saturated rings. The maximum absolute atomic E-state index is 14.7. The molecule has 2 aliphatic carbocycles. The van der Waals surface area contributed by atoms with Gasteiger partial charge in [-0.25, -0.2) is 4.39 Å². The van der Waals surface area contributed by atoms with Crippen LogP contribution in [0.5, 0.6) is 0 Å². The Balaban J connectivity index is 1.24. The molecule has 0 bridgehead atoms. The third-order valence-electron chi connectivity index (χ3n) is 8.02. The van der Waals surface area contributed by atoms with Crippen molar-refractivity contribution in [1.29, 1.82) is 0 Å². The molecule has 4 aromatic rings. The molecule has 2 saturated carbocycles. The number of rotatable bonds is 6. The summed E-state index contributed by atoms with van der Waals surface area (Å²) < 4.78 is 17.6. The zero-order valence-electron chi connectivity index (χ0n) is 19.1. The number of fused-ring (bicyclic) bond motifs is 2. The van der Waals surface area contributed by atoms with Crippen molar-refractivity contribution in [2.45, 2.75) is 38.6 Å². The summed E-state index contributed by atoms with van der Waals surface area (Å²) in [4.78, 5) is 24.5. The smallest absolute Gasteiger partial charge is 0.306 e. The number of hydrogen-bond acceptors (Lipinski definition) is 2. The molecule has 0 radical (unpaired) electrons. The number of ketones is 1. The van der Waals surface area contributed by atoms with Gasteiger partial charge in [0, 0.05) is 34.6 Å². The minimum Gasteiger partial charge on any atom is -0.481 e. The molecule has 0 aliphatic heterocycles. The molecular formula is C29H25BrFNO3. The van der Waals surface area contributed by atoms with Gasteiger partial charge < -0.3 is 9.67 Å². The van der Waals surface area contributed by atoms with Gasteiger partial charge in [0.1, 0.15) is 5.82 Å². The second-order valence-electron chi connectivity index (χ2n) is 10.5. The van der Waals surface area contributed by atoms with Gasteiger partial charge in [0.05, 0.1) is 11.4 Å². The van der Waals surface area contributed by atoms with Gasteiger partial charge in [-0.2, -0.15) is 0 Å². The van der Waals surface area contributed by atoms with Crippen LogP contribution in [0.4, 0.5) is 4.39 Å². The number of carboxylic acid groups (broad SMARTS) is 1. The number of Topliss-reactive ketones (excluding diaryl/α,β-unsaturated/α-hetero) is 1. The van der Waals surface area contributed by atoms with E-state index in [1.165, 1.54) is 6.07 Å². The van der Waals surface area contributed by atoms with E-state index in [0.717, 1.165) is 46.5 Å². The Kier molecular flexibility index (Phi) is 5.33. The molecule has 2 aliphatic rings. The number of benzene rings is 3. The number of aromatic nitrogens is 1. The first kappa shape index (κ1) is 22.5. The standard InChI is InChI=1S/C29H25BrFNO3/c30-22-4-3-19-2-1-17(9-20(19)11-22)16-32-8-7-23-25(31)6-5-24(27(23)32)26(33)10-18-12-29(13-18)14-21(15-29)28(34)35/h1-9,11,18,21H,10,12-16H2,(H,34,35). The highest BCUT2D eigenvalue weighted by Crippen LogP contribution is 2.62. The van der Waals surface area contributed by atoms with Crippen LogP contribution < -0.4 is 0 Å². The SMILES string of the molecule is O=C(CC1CC2(C1)CC(C(=O)O)C2)c1ccc(F)c2ccn(Cc3ccc4ccc(Br)cc4c3)c12. The molecule has 0 saturated heterocycles. The summed E-state index contributed by atoms with van der Waals surface area (Å²) in [5.74, 6) is -0.938. The largest absolute Gasteiger partial charge is 0.481 e. The van der Waals surface area contributed by atoms with Crippen molar-refractivity contribution >= 4 is 49.4 Å². The average Bonchev–Trinajstić information content (AvgIpc) is 3.18. The molecule has 6 heteroatoms. The Morgan fingerprint density at radius 3 is 2.54 bits per heavy atom. The Morgan fingerprint density at radius 2 is 1.77 bits per heavy atom. The van der Waals surface area contributed by atoms with Gasteiger partial charge in [0.15, 0.2) is 5.78 Å². The van der Waals surface area contributed by atoms with Gasteiger partial charge in [-0.05, 0) is 89.8 Å². The topological polar surface area (TPSA) is 59.3 Å². The van der Waals surface area contributed by atoms with E-state index in [-0.39, 0.29) is 28.9 Å². The van der Waals surface area contributed by atoms with Gasteiger partial charge in [0.25, 0.3) is 0 Å². The Hall–Kier alpha value is -2.99. The highest BCUT2D eigenvalue weighted by molar-refractivity contribution is 9.10. The molecule has 35 heavy (non-hydrogen) atoms. The second-order valence-corrected chi connectivity index (χ2v) is 11.4. The van der Waals surface area contributed by atoms with E-state index >= 15 is 0 Å². The number of carboxylic acids is 1. The van der Waals surface area contributed by atoms with Crippen molar-refractivity contribution in [2.24, 2.45) is 17.3 Å². The van der Waals surface area contributed by atoms with Gasteiger partial charge in [-0.1, -0.05) is 34.1 Å². The lowest BCUT2D eigenvalue weighted by Gasteiger charge is -2.56. The van der Waals surface area contributed by atoms with E-state index in [1.807, 2.05) is 16.8 Å². The van der Waals surface area contributed by atoms with E-state index in [0.29, 0.717) is 29.4 Å². The number of halogens is 2. The minimum absolute atomic E-state index is 0.0337. The predicted octanol–water partition coefficient (Wildman–Crippen LogP) is 7.21. The fourth-order valence-electron chi connectivity index (χ4n) is 6.38. The van der Waals surface area contributed by atoms with Crippen LogP contribution in [0.1, 0.15) is 48.0 Å². The third kappa shape index (κ3) is 3.98.